The van der Waals surface area contributed by atoms with Gasteiger partial charge in [-0.15, -0.1) is 5.92 Å². The number of ether oxygens (including phenoxy) is 1. The molecule has 3 aromatic carbocycles. The van der Waals surface area contributed by atoms with Gasteiger partial charge in [0.15, 0.2) is 0 Å². The zero-order valence-corrected chi connectivity index (χ0v) is 27.3. The second kappa shape index (κ2) is 17.9. The van der Waals surface area contributed by atoms with Gasteiger partial charge in [0.1, 0.15) is 22.0 Å². The molecule has 1 unspecified atom stereocenters. The zero-order chi connectivity index (χ0) is 28.1. The number of methoxy groups -OCH3 is 1. The van der Waals surface area contributed by atoms with Crippen molar-refractivity contribution in [3.05, 3.63) is 72.3 Å². The Kier molecular flexibility index (Phi) is 15.4. The van der Waals surface area contributed by atoms with E-state index in [4.69, 9.17) is 4.74 Å². The molecule has 0 aromatic heterocycles. The quantitative estimate of drug-likeness (QED) is 0.124. The molecule has 40 heavy (non-hydrogen) atoms. The van der Waals surface area contributed by atoms with Crippen LogP contribution in [0.15, 0.2) is 81.4 Å². The summed E-state index contributed by atoms with van der Waals surface area (Å²) in [6.07, 6.45) is 9.52. The van der Waals surface area contributed by atoms with Crippen LogP contribution in [-0.2, 0) is 10.1 Å². The molecule has 0 amide bonds. The summed E-state index contributed by atoms with van der Waals surface area (Å²) in [4.78, 5) is 0.809. The van der Waals surface area contributed by atoms with Gasteiger partial charge in [-0.25, -0.2) is 8.42 Å². The minimum Gasteiger partial charge on any atom is -0.744 e. The number of aliphatic hydroxyl groups is 1. The van der Waals surface area contributed by atoms with Crippen molar-refractivity contribution in [2.75, 3.05) is 7.11 Å². The van der Waals surface area contributed by atoms with Crippen LogP contribution < -0.4 is 34.3 Å². The van der Waals surface area contributed by atoms with Crippen molar-refractivity contribution >= 4 is 21.9 Å². The van der Waals surface area contributed by atoms with Crippen molar-refractivity contribution < 1.29 is 52.4 Å². The van der Waals surface area contributed by atoms with E-state index in [0.717, 1.165) is 24.2 Å². The van der Waals surface area contributed by atoms with Crippen LogP contribution in [0.3, 0.4) is 0 Å². The minimum absolute atomic E-state index is 0. The molecule has 0 aliphatic rings. The van der Waals surface area contributed by atoms with Crippen molar-refractivity contribution in [1.82, 2.24) is 0 Å². The predicted octanol–water partition coefficient (Wildman–Crippen LogP) is 4.99. The Morgan fingerprint density at radius 3 is 2.23 bits per heavy atom. The van der Waals surface area contributed by atoms with Gasteiger partial charge in [0.05, 0.1) is 12.0 Å². The molecule has 5 nitrogen and oxygen atoms in total. The van der Waals surface area contributed by atoms with E-state index in [1.807, 2.05) is 6.07 Å². The largest absolute Gasteiger partial charge is 1.00 e. The molecule has 0 spiro atoms. The maximum atomic E-state index is 12.2. The van der Waals surface area contributed by atoms with Crippen LogP contribution in [0.2, 0.25) is 0 Å². The summed E-state index contributed by atoms with van der Waals surface area (Å²) in [5.41, 5.74) is 1.74. The van der Waals surface area contributed by atoms with Gasteiger partial charge in [-0.05, 0) is 53.9 Å². The Morgan fingerprint density at radius 1 is 0.925 bits per heavy atom. The van der Waals surface area contributed by atoms with Gasteiger partial charge in [-0.2, -0.15) is 0 Å². The van der Waals surface area contributed by atoms with Crippen molar-refractivity contribution in [1.29, 1.82) is 0 Å². The normalized spacial score (nSPS) is 11.7. The van der Waals surface area contributed by atoms with Crippen molar-refractivity contribution in [3.8, 4) is 28.7 Å². The second-order valence-electron chi connectivity index (χ2n) is 9.43. The first-order valence-electron chi connectivity index (χ1n) is 13.5. The average Bonchev–Trinajstić information content (AvgIpc) is 2.94. The van der Waals surface area contributed by atoms with E-state index < -0.39 is 16.2 Å². The summed E-state index contributed by atoms with van der Waals surface area (Å²) in [6.45, 7) is 2.22. The van der Waals surface area contributed by atoms with Gasteiger partial charge in [-0.1, -0.05) is 99.9 Å². The summed E-state index contributed by atoms with van der Waals surface area (Å²) in [5.74, 6) is 6.72. The number of unbranched alkanes of at least 4 members (excludes halogenated alkanes) is 8. The minimum atomic E-state index is -4.75. The van der Waals surface area contributed by atoms with E-state index in [2.05, 4.69) is 18.8 Å². The molecule has 0 aliphatic carbocycles. The average molecular weight is 589 g/mol. The van der Waals surface area contributed by atoms with Crippen LogP contribution in [-0.4, -0.2) is 25.2 Å². The maximum absolute atomic E-state index is 12.2. The molecule has 3 aromatic rings. The van der Waals surface area contributed by atoms with Crippen molar-refractivity contribution in [3.63, 3.8) is 0 Å². The Labute approximate surface area is 266 Å². The number of aliphatic hydroxyl groups excluding tert-OH is 1. The van der Waals surface area contributed by atoms with Gasteiger partial charge >= 0.3 is 29.6 Å². The Morgan fingerprint density at radius 2 is 1.57 bits per heavy atom. The Balaban J connectivity index is 0.00000560. The van der Waals surface area contributed by atoms with Crippen LogP contribution in [0.25, 0.3) is 11.1 Å². The number of hydrogen-bond acceptors (Lipinski definition) is 6. The van der Waals surface area contributed by atoms with E-state index in [1.165, 1.54) is 56.4 Å². The van der Waals surface area contributed by atoms with Gasteiger partial charge in [0, 0.05) is 21.8 Å². The molecular weight excluding hydrogens is 551 g/mol. The monoisotopic (exact) mass is 588 g/mol. The molecule has 0 saturated carbocycles. The van der Waals surface area contributed by atoms with E-state index in [-0.39, 0.29) is 34.5 Å². The van der Waals surface area contributed by atoms with Crippen LogP contribution >= 0.6 is 11.8 Å². The standard InChI is InChI=1S/C32H38O5S2.Na/c1-3-4-5-6-7-8-9-10-11-12-17-30(33)29-16-14-13-15-28(29)25-18-23-31(32(24-25)39(34,35)36)38-27-21-19-26(37-2)20-22-27;/h13-16,18-24,30,33H,3-11H2,1-2H3,(H,34,35,36);/q;+1/p-1. The first-order valence-corrected chi connectivity index (χ1v) is 15.7. The predicted molar refractivity (Wildman–Crippen MR) is 157 cm³/mol. The van der Waals surface area contributed by atoms with Crippen LogP contribution in [0.5, 0.6) is 5.75 Å². The van der Waals surface area contributed by atoms with E-state index in [0.29, 0.717) is 27.3 Å². The molecule has 8 heteroatoms. The number of hydrogen-bond donors (Lipinski definition) is 1. The smallest absolute Gasteiger partial charge is 0.744 e. The second-order valence-corrected chi connectivity index (χ2v) is 11.9. The molecule has 208 valence electrons. The fourth-order valence-corrected chi connectivity index (χ4v) is 6.16. The van der Waals surface area contributed by atoms with Crippen LogP contribution in [0.4, 0.5) is 0 Å². The SMILES string of the molecule is CCCCCCCCCCC#CC(O)c1ccccc1-c1ccc(Sc2ccc(OC)cc2)c(S(=O)(=O)[O-])c1.[Na+]. The molecule has 0 heterocycles. The molecule has 3 rings (SSSR count). The molecule has 0 radical (unpaired) electrons. The van der Waals surface area contributed by atoms with E-state index in [1.54, 1.807) is 61.7 Å². The molecule has 0 saturated heterocycles. The Bertz CT molecular complexity index is 1360. The summed E-state index contributed by atoms with van der Waals surface area (Å²) in [6, 6.07) is 19.1. The van der Waals surface area contributed by atoms with Gasteiger partial charge < -0.3 is 14.4 Å². The van der Waals surface area contributed by atoms with Gasteiger partial charge in [0.2, 0.25) is 0 Å². The van der Waals surface area contributed by atoms with Gasteiger partial charge in [-0.3, -0.25) is 0 Å². The third-order valence-corrected chi connectivity index (χ3v) is 8.55. The number of benzene rings is 3. The molecule has 0 fully saturated rings. The fraction of sp³-hybridized carbons (Fsp3) is 0.375. The van der Waals surface area contributed by atoms with Crippen LogP contribution in [0, 0.1) is 11.8 Å². The van der Waals surface area contributed by atoms with Crippen molar-refractivity contribution in [2.24, 2.45) is 0 Å². The third-order valence-electron chi connectivity index (χ3n) is 6.46. The third kappa shape index (κ3) is 10.9. The topological polar surface area (TPSA) is 86.7 Å². The molecule has 1 N–H and O–H groups in total. The zero-order valence-electron chi connectivity index (χ0n) is 23.7. The molecule has 0 bridgehead atoms. The molecule has 1 atom stereocenters. The summed E-state index contributed by atoms with van der Waals surface area (Å²) < 4.78 is 41.8. The summed E-state index contributed by atoms with van der Waals surface area (Å²) in [5, 5.41) is 10.8. The first kappa shape index (κ1) is 34.4. The molecular formula is C32H37NaO5S2. The fourth-order valence-electron chi connectivity index (χ4n) is 4.32. The summed E-state index contributed by atoms with van der Waals surface area (Å²) in [7, 11) is -3.18. The van der Waals surface area contributed by atoms with Crippen molar-refractivity contribution in [2.45, 2.75) is 85.5 Å². The Hall–Kier alpha value is -1.76. The van der Waals surface area contributed by atoms with E-state index in [9.17, 15) is 18.1 Å². The maximum Gasteiger partial charge on any atom is 1.00 e. The number of rotatable bonds is 14. The summed E-state index contributed by atoms with van der Waals surface area (Å²) >= 11 is 1.19. The van der Waals surface area contributed by atoms with Gasteiger partial charge in [0.25, 0.3) is 0 Å². The van der Waals surface area contributed by atoms with E-state index >= 15 is 0 Å². The molecule has 0 aliphatic heterocycles. The van der Waals surface area contributed by atoms with Crippen LogP contribution in [0.1, 0.15) is 76.4 Å². The first-order chi connectivity index (χ1) is 18.8.